The van der Waals surface area contributed by atoms with Crippen LogP contribution in [0.4, 0.5) is 0 Å². The molecule has 30 heavy (non-hydrogen) atoms. The normalized spacial score (nSPS) is 42.2. The van der Waals surface area contributed by atoms with Crippen molar-refractivity contribution in [3.05, 3.63) is 0 Å². The van der Waals surface area contributed by atoms with Crippen molar-refractivity contribution in [2.75, 3.05) is 13.2 Å². The number of fused-ring (bicyclic) bond motifs is 1. The van der Waals surface area contributed by atoms with Crippen molar-refractivity contribution in [2.24, 2.45) is 28.1 Å². The summed E-state index contributed by atoms with van der Waals surface area (Å²) >= 11 is 0. The molecule has 3 saturated carbocycles. The maximum atomic E-state index is 13.0. The molecule has 3 aliphatic carbocycles. The molecule has 4 aliphatic rings. The monoisotopic (exact) mass is 422 g/mol. The van der Waals surface area contributed by atoms with Crippen LogP contribution in [-0.4, -0.2) is 42.6 Å². The SMILES string of the molecule is CCOC(=O)C1(C(=O)OCC)C[C@@H](C)[C@]2(C1)O[C@H]1C[C@@H]3CC[C@@]1(C(C)(C)O2)C3(C)C. The van der Waals surface area contributed by atoms with E-state index in [2.05, 4.69) is 27.7 Å². The van der Waals surface area contributed by atoms with Crippen LogP contribution < -0.4 is 0 Å². The first-order chi connectivity index (χ1) is 13.9. The van der Waals surface area contributed by atoms with E-state index in [-0.39, 0.29) is 42.5 Å². The molecule has 2 bridgehead atoms. The van der Waals surface area contributed by atoms with Gasteiger partial charge in [-0.05, 0) is 64.7 Å². The van der Waals surface area contributed by atoms with Gasteiger partial charge in [-0.25, -0.2) is 0 Å². The zero-order chi connectivity index (χ0) is 22.2. The van der Waals surface area contributed by atoms with Gasteiger partial charge in [0.15, 0.2) is 11.2 Å². The predicted octanol–water partition coefficient (Wildman–Crippen LogP) is 4.25. The number of esters is 2. The molecule has 4 fully saturated rings. The molecule has 1 aliphatic heterocycles. The molecule has 0 aromatic rings. The fraction of sp³-hybridized carbons (Fsp3) is 0.917. The van der Waals surface area contributed by atoms with Crippen LogP contribution in [0.25, 0.3) is 0 Å². The summed E-state index contributed by atoms with van der Waals surface area (Å²) in [6.45, 7) is 15.0. The van der Waals surface area contributed by atoms with Crippen LogP contribution in [-0.2, 0) is 28.5 Å². The Labute approximate surface area is 180 Å². The smallest absolute Gasteiger partial charge is 0.323 e. The molecule has 4 rings (SSSR count). The number of carbonyl (C=O) groups is 2. The highest BCUT2D eigenvalue weighted by molar-refractivity contribution is 6.00. The molecule has 1 heterocycles. The van der Waals surface area contributed by atoms with Crippen molar-refractivity contribution in [3.8, 4) is 0 Å². The topological polar surface area (TPSA) is 71.1 Å². The molecule has 5 atom stereocenters. The maximum Gasteiger partial charge on any atom is 0.323 e. The Bertz CT molecular complexity index is 724. The number of hydrogen-bond acceptors (Lipinski definition) is 6. The highest BCUT2D eigenvalue weighted by Gasteiger charge is 2.77. The lowest BCUT2D eigenvalue weighted by atomic mass is 9.58. The lowest BCUT2D eigenvalue weighted by Crippen LogP contribution is -2.67. The Morgan fingerprint density at radius 2 is 1.63 bits per heavy atom. The van der Waals surface area contributed by atoms with Crippen LogP contribution in [0.3, 0.4) is 0 Å². The summed E-state index contributed by atoms with van der Waals surface area (Å²) < 4.78 is 24.4. The molecule has 1 saturated heterocycles. The second-order valence-corrected chi connectivity index (χ2v) is 11.0. The molecule has 0 aromatic heterocycles. The van der Waals surface area contributed by atoms with Gasteiger partial charge in [-0.1, -0.05) is 20.8 Å². The summed E-state index contributed by atoms with van der Waals surface area (Å²) in [6, 6.07) is 0. The van der Waals surface area contributed by atoms with Gasteiger partial charge in [0.1, 0.15) is 0 Å². The Morgan fingerprint density at radius 1 is 1.03 bits per heavy atom. The molecule has 0 aromatic carbocycles. The van der Waals surface area contributed by atoms with Crippen molar-refractivity contribution < 1.29 is 28.5 Å². The fourth-order valence-corrected chi connectivity index (χ4v) is 7.87. The molecule has 0 unspecified atom stereocenters. The molecule has 0 radical (unpaired) electrons. The van der Waals surface area contributed by atoms with Crippen molar-refractivity contribution in [1.82, 2.24) is 0 Å². The Kier molecular flexibility index (Phi) is 4.91. The number of carbonyl (C=O) groups excluding carboxylic acids is 2. The van der Waals surface area contributed by atoms with Crippen LogP contribution in [0.1, 0.15) is 80.6 Å². The van der Waals surface area contributed by atoms with E-state index in [0.717, 1.165) is 12.8 Å². The van der Waals surface area contributed by atoms with E-state index in [1.807, 2.05) is 6.92 Å². The first-order valence-corrected chi connectivity index (χ1v) is 11.6. The molecular formula is C24H38O6. The highest BCUT2D eigenvalue weighted by Crippen LogP contribution is 2.74. The van der Waals surface area contributed by atoms with Gasteiger partial charge in [0, 0.05) is 17.8 Å². The van der Waals surface area contributed by atoms with Gasteiger partial charge in [-0.2, -0.15) is 0 Å². The summed E-state index contributed by atoms with van der Waals surface area (Å²) in [7, 11) is 0. The van der Waals surface area contributed by atoms with Gasteiger partial charge < -0.3 is 18.9 Å². The summed E-state index contributed by atoms with van der Waals surface area (Å²) in [5.74, 6) is -1.56. The molecule has 6 heteroatoms. The van der Waals surface area contributed by atoms with Crippen molar-refractivity contribution in [2.45, 2.75) is 98.1 Å². The predicted molar refractivity (Wildman–Crippen MR) is 110 cm³/mol. The number of ether oxygens (including phenoxy) is 4. The zero-order valence-electron chi connectivity index (χ0n) is 19.6. The van der Waals surface area contributed by atoms with E-state index in [1.165, 1.54) is 6.42 Å². The average molecular weight is 423 g/mol. The lowest BCUT2D eigenvalue weighted by molar-refractivity contribution is -0.405. The summed E-state index contributed by atoms with van der Waals surface area (Å²) in [5, 5.41) is 0. The van der Waals surface area contributed by atoms with E-state index >= 15 is 0 Å². The largest absolute Gasteiger partial charge is 0.465 e. The Morgan fingerprint density at radius 3 is 2.17 bits per heavy atom. The van der Waals surface area contributed by atoms with Gasteiger partial charge >= 0.3 is 11.9 Å². The van der Waals surface area contributed by atoms with Crippen LogP contribution in [0.2, 0.25) is 0 Å². The first kappa shape index (κ1) is 22.1. The lowest BCUT2D eigenvalue weighted by Gasteiger charge is -2.61. The standard InChI is InChI=1S/C24H38O6/c1-8-27-18(25)22(19(26)28-9-2)13-15(3)24(14-22)29-17-12-16-10-11-23(17,20(16,4)5)21(6,7)30-24/h15-17H,8-14H2,1-7H3/t15-,16+,17+,23+,24-/m1/s1. The maximum absolute atomic E-state index is 13.0. The van der Waals surface area contributed by atoms with E-state index in [1.54, 1.807) is 13.8 Å². The third-order valence-electron chi connectivity index (χ3n) is 9.24. The fourth-order valence-electron chi connectivity index (χ4n) is 7.87. The summed E-state index contributed by atoms with van der Waals surface area (Å²) in [6.07, 6.45) is 3.84. The van der Waals surface area contributed by atoms with Gasteiger partial charge in [0.2, 0.25) is 0 Å². The minimum absolute atomic E-state index is 0.0608. The van der Waals surface area contributed by atoms with Gasteiger partial charge in [0.05, 0.1) is 24.9 Å². The summed E-state index contributed by atoms with van der Waals surface area (Å²) in [5.41, 5.74) is -1.74. The third-order valence-corrected chi connectivity index (χ3v) is 9.24. The highest BCUT2D eigenvalue weighted by atomic mass is 16.7. The minimum Gasteiger partial charge on any atom is -0.465 e. The van der Waals surface area contributed by atoms with E-state index in [0.29, 0.717) is 12.3 Å². The zero-order valence-corrected chi connectivity index (χ0v) is 19.6. The van der Waals surface area contributed by atoms with Crippen molar-refractivity contribution in [3.63, 3.8) is 0 Å². The quantitative estimate of drug-likeness (QED) is 0.498. The average Bonchev–Trinajstić information content (AvgIpc) is 3.16. The number of hydrogen-bond donors (Lipinski definition) is 0. The molecule has 6 nitrogen and oxygen atoms in total. The first-order valence-electron chi connectivity index (χ1n) is 11.6. The van der Waals surface area contributed by atoms with Gasteiger partial charge in [-0.15, -0.1) is 0 Å². The van der Waals surface area contributed by atoms with Crippen molar-refractivity contribution in [1.29, 1.82) is 0 Å². The van der Waals surface area contributed by atoms with Crippen LogP contribution in [0.15, 0.2) is 0 Å². The summed E-state index contributed by atoms with van der Waals surface area (Å²) in [4.78, 5) is 26.1. The second-order valence-electron chi connectivity index (χ2n) is 11.0. The van der Waals surface area contributed by atoms with E-state index in [4.69, 9.17) is 18.9 Å². The minimum atomic E-state index is -1.38. The molecule has 0 N–H and O–H groups in total. The molecule has 0 amide bonds. The molecule has 170 valence electrons. The molecular weight excluding hydrogens is 384 g/mol. The Balaban J connectivity index is 1.72. The van der Waals surface area contributed by atoms with E-state index in [9.17, 15) is 9.59 Å². The number of rotatable bonds is 4. The van der Waals surface area contributed by atoms with Gasteiger partial charge in [-0.3, -0.25) is 9.59 Å². The third kappa shape index (κ3) is 2.49. The van der Waals surface area contributed by atoms with Crippen molar-refractivity contribution >= 4 is 11.9 Å². The van der Waals surface area contributed by atoms with Crippen LogP contribution in [0, 0.1) is 28.1 Å². The second kappa shape index (κ2) is 6.68. The van der Waals surface area contributed by atoms with Crippen LogP contribution >= 0.6 is 0 Å². The van der Waals surface area contributed by atoms with E-state index < -0.39 is 28.7 Å². The Hall–Kier alpha value is -1.14. The van der Waals surface area contributed by atoms with Gasteiger partial charge in [0.25, 0.3) is 0 Å². The molecule has 2 spiro atoms. The van der Waals surface area contributed by atoms with Crippen LogP contribution in [0.5, 0.6) is 0 Å².